The van der Waals surface area contributed by atoms with Crippen molar-refractivity contribution >= 4 is 29.8 Å². The quantitative estimate of drug-likeness (QED) is 0.400. The lowest BCUT2D eigenvalue weighted by Gasteiger charge is -2.62. The van der Waals surface area contributed by atoms with Crippen LogP contribution >= 0.6 is 0 Å². The van der Waals surface area contributed by atoms with Gasteiger partial charge in [0.05, 0.1) is 57.8 Å². The molecule has 0 aliphatic heterocycles. The summed E-state index contributed by atoms with van der Waals surface area (Å²) in [6.45, 7) is 0. The van der Waals surface area contributed by atoms with Crippen molar-refractivity contribution in [2.75, 3.05) is 35.5 Å². The van der Waals surface area contributed by atoms with Crippen molar-refractivity contribution in [2.45, 2.75) is 38.5 Å². The molecule has 5 aliphatic carbocycles. The van der Waals surface area contributed by atoms with E-state index in [1.807, 2.05) is 0 Å². The predicted octanol–water partition coefficient (Wildman–Crippen LogP) is 1.66. The monoisotopic (exact) mass is 490 g/mol. The first kappa shape index (κ1) is 24.9. The minimum Gasteiger partial charge on any atom is -0.468 e. The second-order valence-corrected chi connectivity index (χ2v) is 9.91. The number of carbonyl (C=O) groups excluding carboxylic acids is 5. The normalized spacial score (nSPS) is 30.1. The Labute approximate surface area is 202 Å². The number of hydrogen-bond donors (Lipinski definition) is 0. The molecular weight excluding hydrogens is 460 g/mol. The van der Waals surface area contributed by atoms with Crippen LogP contribution < -0.4 is 0 Å². The first-order chi connectivity index (χ1) is 16.6. The molecule has 0 N–H and O–H groups in total. The van der Waals surface area contributed by atoms with Crippen molar-refractivity contribution in [3.63, 3.8) is 0 Å². The standard InChI is InChI=1S/C25H30O10/c1-31-19(26)15-16(20(27)32-2)18(22(29)34-4)25(23(30)35-5,17(15)21(28)33-3)24-9-12-6-13(10-24)8-14(7-12)11-24/h12-14H,6-11H2,1-5H3. The minimum atomic E-state index is -2.11. The van der Waals surface area contributed by atoms with Gasteiger partial charge < -0.3 is 23.7 Å². The first-order valence-corrected chi connectivity index (χ1v) is 11.6. The zero-order valence-corrected chi connectivity index (χ0v) is 20.6. The molecule has 4 fully saturated rings. The van der Waals surface area contributed by atoms with Gasteiger partial charge in [-0.25, -0.2) is 19.2 Å². The molecule has 5 aliphatic rings. The Hall–Kier alpha value is -3.17. The van der Waals surface area contributed by atoms with Gasteiger partial charge in [0.2, 0.25) is 0 Å². The molecule has 0 aromatic rings. The third-order valence-electron chi connectivity index (χ3n) is 8.38. The van der Waals surface area contributed by atoms with E-state index in [-0.39, 0.29) is 17.8 Å². The number of esters is 5. The zero-order chi connectivity index (χ0) is 25.7. The average Bonchev–Trinajstić information content (AvgIpc) is 3.18. The summed E-state index contributed by atoms with van der Waals surface area (Å²) in [7, 11) is 5.47. The van der Waals surface area contributed by atoms with E-state index in [1.165, 1.54) is 0 Å². The molecule has 0 aromatic carbocycles. The Bertz CT molecular complexity index is 975. The van der Waals surface area contributed by atoms with E-state index in [0.717, 1.165) is 54.8 Å². The van der Waals surface area contributed by atoms with Gasteiger partial charge in [0.15, 0.2) is 0 Å². The maximum atomic E-state index is 14.0. The average molecular weight is 491 g/mol. The van der Waals surface area contributed by atoms with Gasteiger partial charge >= 0.3 is 29.8 Å². The van der Waals surface area contributed by atoms with Crippen LogP contribution in [0.2, 0.25) is 0 Å². The molecule has 10 nitrogen and oxygen atoms in total. The molecule has 4 bridgehead atoms. The molecular formula is C25H30O10. The molecule has 0 atom stereocenters. The third-order valence-corrected chi connectivity index (χ3v) is 8.38. The largest absolute Gasteiger partial charge is 0.468 e. The second kappa shape index (κ2) is 8.80. The van der Waals surface area contributed by atoms with Crippen LogP contribution in [-0.2, 0) is 47.7 Å². The SMILES string of the molecule is COC(=O)C1=C(C(=O)OC)C(C(=O)OC)(C23CC4CC(CC(C4)C2)C3)C(C(=O)OC)=C1C(=O)OC. The Morgan fingerprint density at radius 1 is 0.571 bits per heavy atom. The topological polar surface area (TPSA) is 132 Å². The van der Waals surface area contributed by atoms with Crippen molar-refractivity contribution in [1.82, 2.24) is 0 Å². The molecule has 35 heavy (non-hydrogen) atoms. The van der Waals surface area contributed by atoms with Gasteiger partial charge in [0.1, 0.15) is 5.41 Å². The maximum absolute atomic E-state index is 14.0. The van der Waals surface area contributed by atoms with Crippen LogP contribution in [0.4, 0.5) is 0 Å². The Morgan fingerprint density at radius 3 is 1.20 bits per heavy atom. The van der Waals surface area contributed by atoms with Crippen molar-refractivity contribution in [2.24, 2.45) is 28.6 Å². The summed E-state index contributed by atoms with van der Waals surface area (Å²) < 4.78 is 25.2. The maximum Gasteiger partial charge on any atom is 0.339 e. The number of methoxy groups -OCH3 is 5. The lowest BCUT2D eigenvalue weighted by Crippen LogP contribution is -2.60. The minimum absolute atomic E-state index is 0.268. The van der Waals surface area contributed by atoms with Crippen LogP contribution in [0.1, 0.15) is 38.5 Å². The van der Waals surface area contributed by atoms with E-state index in [0.29, 0.717) is 19.3 Å². The number of ether oxygens (including phenoxy) is 5. The fourth-order valence-corrected chi connectivity index (χ4v) is 7.75. The highest BCUT2D eigenvalue weighted by Crippen LogP contribution is 2.72. The van der Waals surface area contributed by atoms with E-state index in [4.69, 9.17) is 23.7 Å². The van der Waals surface area contributed by atoms with Crippen LogP contribution in [-0.4, -0.2) is 65.4 Å². The van der Waals surface area contributed by atoms with Gasteiger partial charge in [0.25, 0.3) is 0 Å². The molecule has 0 amide bonds. The Morgan fingerprint density at radius 2 is 0.914 bits per heavy atom. The van der Waals surface area contributed by atoms with Gasteiger partial charge in [-0.3, -0.25) is 4.79 Å². The molecule has 0 spiro atoms. The molecule has 0 unspecified atom stereocenters. The molecule has 5 rings (SSSR count). The smallest absolute Gasteiger partial charge is 0.339 e. The summed E-state index contributed by atoms with van der Waals surface area (Å²) in [5, 5.41) is 0. The van der Waals surface area contributed by atoms with Crippen LogP contribution in [0.5, 0.6) is 0 Å². The Kier molecular flexibility index (Phi) is 6.27. The lowest BCUT2D eigenvalue weighted by atomic mass is 9.40. The lowest BCUT2D eigenvalue weighted by molar-refractivity contribution is -0.175. The molecule has 0 heterocycles. The van der Waals surface area contributed by atoms with E-state index >= 15 is 0 Å². The summed E-state index contributed by atoms with van der Waals surface area (Å²) in [5.74, 6) is -4.36. The van der Waals surface area contributed by atoms with Gasteiger partial charge in [-0.2, -0.15) is 0 Å². The van der Waals surface area contributed by atoms with Crippen LogP contribution in [0, 0.1) is 28.6 Å². The van der Waals surface area contributed by atoms with Crippen molar-refractivity contribution in [3.8, 4) is 0 Å². The first-order valence-electron chi connectivity index (χ1n) is 11.6. The van der Waals surface area contributed by atoms with E-state index in [2.05, 4.69) is 0 Å². The zero-order valence-electron chi connectivity index (χ0n) is 20.6. The van der Waals surface area contributed by atoms with Gasteiger partial charge in [-0.05, 0) is 61.7 Å². The van der Waals surface area contributed by atoms with Gasteiger partial charge in [-0.15, -0.1) is 0 Å². The predicted molar refractivity (Wildman–Crippen MR) is 117 cm³/mol. The van der Waals surface area contributed by atoms with Gasteiger partial charge in [-0.1, -0.05) is 0 Å². The highest BCUT2D eigenvalue weighted by molar-refractivity contribution is 6.23. The van der Waals surface area contributed by atoms with Crippen molar-refractivity contribution in [1.29, 1.82) is 0 Å². The van der Waals surface area contributed by atoms with Gasteiger partial charge in [0, 0.05) is 0 Å². The fourth-order valence-electron chi connectivity index (χ4n) is 7.75. The molecule has 10 heteroatoms. The summed E-state index contributed by atoms with van der Waals surface area (Å²) in [5.41, 5.74) is -5.01. The number of hydrogen-bond acceptors (Lipinski definition) is 10. The molecule has 190 valence electrons. The number of carbonyl (C=O) groups is 5. The van der Waals surface area contributed by atoms with Crippen LogP contribution in [0.25, 0.3) is 0 Å². The van der Waals surface area contributed by atoms with Crippen LogP contribution in [0.3, 0.4) is 0 Å². The Balaban J connectivity index is 2.19. The van der Waals surface area contributed by atoms with Crippen molar-refractivity contribution < 1.29 is 47.7 Å². The van der Waals surface area contributed by atoms with Crippen LogP contribution in [0.15, 0.2) is 22.3 Å². The summed E-state index contributed by atoms with van der Waals surface area (Å²) in [6, 6.07) is 0. The number of rotatable bonds is 6. The van der Waals surface area contributed by atoms with E-state index < -0.39 is 63.0 Å². The molecule has 0 radical (unpaired) electrons. The summed E-state index contributed by atoms with van der Waals surface area (Å²) in [4.78, 5) is 67.2. The highest BCUT2D eigenvalue weighted by atomic mass is 16.5. The molecule has 0 saturated heterocycles. The van der Waals surface area contributed by atoms with E-state index in [1.54, 1.807) is 0 Å². The highest BCUT2D eigenvalue weighted by Gasteiger charge is 2.73. The van der Waals surface area contributed by atoms with E-state index in [9.17, 15) is 24.0 Å². The molecule has 4 saturated carbocycles. The fraction of sp³-hybridized carbons (Fsp3) is 0.640. The summed E-state index contributed by atoms with van der Waals surface area (Å²) >= 11 is 0. The third kappa shape index (κ3) is 3.25. The molecule has 0 aromatic heterocycles. The van der Waals surface area contributed by atoms with Crippen molar-refractivity contribution in [3.05, 3.63) is 22.3 Å². The second-order valence-electron chi connectivity index (χ2n) is 9.91. The summed E-state index contributed by atoms with van der Waals surface area (Å²) in [6.07, 6.45) is 4.49.